The number of fused-ring (bicyclic) bond motifs is 1. The minimum atomic E-state index is -0.0809. The number of benzene rings is 1. The number of amides is 1. The number of rotatable bonds is 6. The highest BCUT2D eigenvalue weighted by Gasteiger charge is 2.19. The van der Waals surface area contributed by atoms with E-state index < -0.39 is 0 Å². The van der Waals surface area contributed by atoms with E-state index in [1.165, 1.54) is 11.8 Å². The van der Waals surface area contributed by atoms with Crippen LogP contribution in [0.2, 0.25) is 0 Å². The quantitative estimate of drug-likeness (QED) is 0.742. The number of anilines is 1. The molecule has 0 spiro atoms. The van der Waals surface area contributed by atoms with Crippen molar-refractivity contribution in [3.05, 3.63) is 42.6 Å². The van der Waals surface area contributed by atoms with E-state index in [0.29, 0.717) is 36.9 Å². The predicted octanol–water partition coefficient (Wildman–Crippen LogP) is 2.89. The molecule has 0 fully saturated rings. The molecule has 2 aromatic rings. The third kappa shape index (κ3) is 4.43. The number of carbonyl (C=O) groups is 1. The van der Waals surface area contributed by atoms with Crippen molar-refractivity contribution in [2.24, 2.45) is 0 Å². The second-order valence-electron chi connectivity index (χ2n) is 5.24. The van der Waals surface area contributed by atoms with Crippen molar-refractivity contribution in [2.45, 2.75) is 11.4 Å². The van der Waals surface area contributed by atoms with Gasteiger partial charge in [-0.15, -0.1) is 0 Å². The molecule has 7 heteroatoms. The smallest absolute Gasteiger partial charge is 0.237 e. The van der Waals surface area contributed by atoms with Gasteiger partial charge >= 0.3 is 0 Å². The number of carbonyl (C=O) groups excluding carboxylic acids is 1. The molecule has 0 aliphatic carbocycles. The summed E-state index contributed by atoms with van der Waals surface area (Å²) in [6, 6.07) is 13.1. The van der Waals surface area contributed by atoms with Crippen LogP contribution in [0.4, 0.5) is 5.69 Å². The molecule has 128 valence electrons. The maximum atomic E-state index is 12.7. The fraction of sp³-hybridized carbons (Fsp3) is 0.278. The molecule has 0 bridgehead atoms. The van der Waals surface area contributed by atoms with Crippen LogP contribution < -0.4 is 14.4 Å². The van der Waals surface area contributed by atoms with Crippen LogP contribution in [0.1, 0.15) is 6.42 Å². The molecule has 1 amide bonds. The Bertz CT molecular complexity index is 777. The summed E-state index contributed by atoms with van der Waals surface area (Å²) in [4.78, 5) is 18.5. The van der Waals surface area contributed by atoms with Crippen LogP contribution in [0, 0.1) is 11.3 Å². The minimum Gasteiger partial charge on any atom is -0.486 e. The molecule has 1 aliphatic heterocycles. The minimum absolute atomic E-state index is 0.0809. The third-order valence-electron chi connectivity index (χ3n) is 3.57. The first kappa shape index (κ1) is 17.1. The van der Waals surface area contributed by atoms with Crippen molar-refractivity contribution < 1.29 is 14.3 Å². The second kappa shape index (κ2) is 8.40. The van der Waals surface area contributed by atoms with Crippen molar-refractivity contribution >= 4 is 23.4 Å². The Labute approximate surface area is 150 Å². The van der Waals surface area contributed by atoms with Crippen LogP contribution in [0.3, 0.4) is 0 Å². The molecule has 0 N–H and O–H groups in total. The second-order valence-corrected chi connectivity index (χ2v) is 6.23. The van der Waals surface area contributed by atoms with Gasteiger partial charge in [0, 0.05) is 24.5 Å². The first-order valence-electron chi connectivity index (χ1n) is 7.89. The van der Waals surface area contributed by atoms with Gasteiger partial charge < -0.3 is 14.4 Å². The lowest BCUT2D eigenvalue weighted by molar-refractivity contribution is -0.116. The summed E-state index contributed by atoms with van der Waals surface area (Å²) in [5.41, 5.74) is 0.700. The Balaban J connectivity index is 1.74. The normalized spacial score (nSPS) is 12.3. The molecular weight excluding hydrogens is 338 g/mol. The van der Waals surface area contributed by atoms with Crippen LogP contribution >= 0.6 is 11.8 Å². The molecule has 25 heavy (non-hydrogen) atoms. The van der Waals surface area contributed by atoms with Crippen LogP contribution in [-0.2, 0) is 4.79 Å². The molecule has 2 heterocycles. The summed E-state index contributed by atoms with van der Waals surface area (Å²) < 4.78 is 11.1. The zero-order valence-electron chi connectivity index (χ0n) is 13.6. The summed E-state index contributed by atoms with van der Waals surface area (Å²) in [6.45, 7) is 1.33. The fourth-order valence-corrected chi connectivity index (χ4v) is 3.14. The number of thioether (sulfide) groups is 1. The van der Waals surface area contributed by atoms with E-state index in [2.05, 4.69) is 11.1 Å². The van der Waals surface area contributed by atoms with Crippen LogP contribution in [0.25, 0.3) is 0 Å². The van der Waals surface area contributed by atoms with E-state index in [1.54, 1.807) is 23.2 Å². The van der Waals surface area contributed by atoms with E-state index in [1.807, 2.05) is 24.3 Å². The SMILES string of the molecule is N#CCCN(C(=O)CSc1ccccn1)c1ccc2c(c1)OCCO2. The lowest BCUT2D eigenvalue weighted by Gasteiger charge is -2.24. The Hall–Kier alpha value is -2.72. The molecule has 1 aromatic carbocycles. The van der Waals surface area contributed by atoms with Gasteiger partial charge in [0.15, 0.2) is 11.5 Å². The van der Waals surface area contributed by atoms with Crippen molar-refractivity contribution in [3.63, 3.8) is 0 Å². The Morgan fingerprint density at radius 1 is 1.24 bits per heavy atom. The van der Waals surface area contributed by atoms with Gasteiger partial charge in [0.2, 0.25) is 5.91 Å². The van der Waals surface area contributed by atoms with Crippen LogP contribution in [0.5, 0.6) is 11.5 Å². The standard InChI is InChI=1S/C18H17N3O3S/c19-7-3-9-21(18(22)13-25-17-4-1-2-8-20-17)14-5-6-15-16(12-14)24-11-10-23-15/h1-2,4-6,8,12H,3,9-11,13H2. The molecule has 0 saturated carbocycles. The number of nitrogens with zero attached hydrogens (tertiary/aromatic N) is 3. The van der Waals surface area contributed by atoms with Gasteiger partial charge in [0.25, 0.3) is 0 Å². The van der Waals surface area contributed by atoms with Crippen LogP contribution in [0.15, 0.2) is 47.6 Å². The van der Waals surface area contributed by atoms with Gasteiger partial charge in [0.1, 0.15) is 13.2 Å². The van der Waals surface area contributed by atoms with Gasteiger partial charge in [-0.2, -0.15) is 5.26 Å². The molecular formula is C18H17N3O3S. The highest BCUT2D eigenvalue weighted by molar-refractivity contribution is 7.99. The number of ether oxygens (including phenoxy) is 2. The van der Waals surface area contributed by atoms with Gasteiger partial charge in [0.05, 0.1) is 23.3 Å². The van der Waals surface area contributed by atoms with Gasteiger partial charge in [-0.25, -0.2) is 4.98 Å². The highest BCUT2D eigenvalue weighted by Crippen LogP contribution is 2.34. The Kier molecular flexibility index (Phi) is 5.75. The van der Waals surface area contributed by atoms with E-state index in [4.69, 9.17) is 14.7 Å². The fourth-order valence-electron chi connectivity index (χ4n) is 2.41. The molecule has 6 nitrogen and oxygen atoms in total. The topological polar surface area (TPSA) is 75.5 Å². The van der Waals surface area contributed by atoms with Crippen LogP contribution in [-0.4, -0.2) is 36.4 Å². The Morgan fingerprint density at radius 3 is 2.84 bits per heavy atom. The summed E-state index contributed by atoms with van der Waals surface area (Å²) in [7, 11) is 0. The molecule has 1 aliphatic rings. The first-order valence-corrected chi connectivity index (χ1v) is 8.87. The molecule has 3 rings (SSSR count). The average molecular weight is 355 g/mol. The molecule has 0 unspecified atom stereocenters. The van der Waals surface area contributed by atoms with Crippen molar-refractivity contribution in [1.82, 2.24) is 4.98 Å². The van der Waals surface area contributed by atoms with Crippen molar-refractivity contribution in [1.29, 1.82) is 5.26 Å². The molecule has 0 radical (unpaired) electrons. The zero-order valence-corrected chi connectivity index (χ0v) is 14.4. The van der Waals surface area contributed by atoms with E-state index in [-0.39, 0.29) is 18.1 Å². The van der Waals surface area contributed by atoms with Crippen molar-refractivity contribution in [3.8, 4) is 17.6 Å². The summed E-state index contributed by atoms with van der Waals surface area (Å²) in [5.74, 6) is 1.46. The third-order valence-corrected chi connectivity index (χ3v) is 4.50. The molecule has 1 aromatic heterocycles. The summed E-state index contributed by atoms with van der Waals surface area (Å²) in [6.07, 6.45) is 1.95. The largest absolute Gasteiger partial charge is 0.486 e. The number of hydrogen-bond donors (Lipinski definition) is 0. The molecule has 0 saturated heterocycles. The van der Waals surface area contributed by atoms with E-state index in [0.717, 1.165) is 5.03 Å². The number of aromatic nitrogens is 1. The average Bonchev–Trinajstić information content (AvgIpc) is 2.67. The number of nitriles is 1. The molecule has 0 atom stereocenters. The maximum absolute atomic E-state index is 12.7. The number of pyridine rings is 1. The Morgan fingerprint density at radius 2 is 2.08 bits per heavy atom. The zero-order chi connectivity index (χ0) is 17.5. The lowest BCUT2D eigenvalue weighted by Crippen LogP contribution is -2.33. The van der Waals surface area contributed by atoms with E-state index in [9.17, 15) is 4.79 Å². The lowest BCUT2D eigenvalue weighted by atomic mass is 10.2. The van der Waals surface area contributed by atoms with Gasteiger partial charge in [-0.05, 0) is 24.3 Å². The first-order chi connectivity index (χ1) is 12.3. The van der Waals surface area contributed by atoms with E-state index >= 15 is 0 Å². The van der Waals surface area contributed by atoms with Gasteiger partial charge in [-0.3, -0.25) is 4.79 Å². The predicted molar refractivity (Wildman–Crippen MR) is 95.0 cm³/mol. The summed E-state index contributed by atoms with van der Waals surface area (Å²) >= 11 is 1.37. The summed E-state index contributed by atoms with van der Waals surface area (Å²) in [5, 5.41) is 9.69. The number of hydrogen-bond acceptors (Lipinski definition) is 6. The highest BCUT2D eigenvalue weighted by atomic mass is 32.2. The monoisotopic (exact) mass is 355 g/mol. The maximum Gasteiger partial charge on any atom is 0.237 e. The van der Waals surface area contributed by atoms with Gasteiger partial charge in [-0.1, -0.05) is 17.8 Å². The van der Waals surface area contributed by atoms with Crippen molar-refractivity contribution in [2.75, 3.05) is 30.4 Å².